The summed E-state index contributed by atoms with van der Waals surface area (Å²) in [6, 6.07) is 0. The molecule has 20 heavy (non-hydrogen) atoms. The molecule has 0 N–H and O–H groups in total. The molecule has 1 saturated carbocycles. The number of oxazole rings is 1. The van der Waals surface area contributed by atoms with Crippen molar-refractivity contribution in [2.24, 2.45) is 10.8 Å². The van der Waals surface area contributed by atoms with Crippen LogP contribution in [0.5, 0.6) is 0 Å². The third-order valence-corrected chi connectivity index (χ3v) is 4.95. The van der Waals surface area contributed by atoms with E-state index >= 15 is 0 Å². The number of aromatic nitrogens is 1. The number of nitrogens with zero attached hydrogens (tertiary/aromatic N) is 1. The Hall–Kier alpha value is -1.32. The zero-order chi connectivity index (χ0) is 15.3. The fraction of sp³-hybridized carbons (Fsp3) is 0.750. The Bertz CT molecular complexity index is 512. The van der Waals surface area contributed by atoms with E-state index in [0.717, 1.165) is 0 Å². The minimum atomic E-state index is -0.411. The topological polar surface area (TPSA) is 52.3 Å². The van der Waals surface area contributed by atoms with Crippen molar-refractivity contribution in [2.75, 3.05) is 6.61 Å². The summed E-state index contributed by atoms with van der Waals surface area (Å²) in [5.41, 5.74) is 0.979. The fourth-order valence-electron chi connectivity index (χ4n) is 3.02. The third-order valence-electron chi connectivity index (χ3n) is 4.95. The first kappa shape index (κ1) is 15.1. The highest BCUT2D eigenvalue weighted by Crippen LogP contribution is 2.73. The summed E-state index contributed by atoms with van der Waals surface area (Å²) in [5, 5.41) is 0. The molecule has 0 spiro atoms. The molecule has 4 heteroatoms. The second-order valence-electron chi connectivity index (χ2n) is 7.02. The molecule has 2 rings (SSSR count). The van der Waals surface area contributed by atoms with E-state index in [0.29, 0.717) is 18.2 Å². The highest BCUT2D eigenvalue weighted by atomic mass is 16.5. The molecule has 1 aliphatic carbocycles. The van der Waals surface area contributed by atoms with Crippen molar-refractivity contribution in [2.45, 2.75) is 60.3 Å². The minimum absolute atomic E-state index is 0.136. The molecule has 0 saturated heterocycles. The molecule has 1 aromatic rings. The van der Waals surface area contributed by atoms with Gasteiger partial charge in [0, 0.05) is 5.92 Å². The average Bonchev–Trinajstić information content (AvgIpc) is 2.66. The molecule has 0 aliphatic heterocycles. The van der Waals surface area contributed by atoms with Gasteiger partial charge in [0.1, 0.15) is 0 Å². The third kappa shape index (κ3) is 2.05. The number of ether oxygens (including phenoxy) is 1. The lowest BCUT2D eigenvalue weighted by Crippen LogP contribution is -2.07. The van der Waals surface area contributed by atoms with Gasteiger partial charge < -0.3 is 9.15 Å². The van der Waals surface area contributed by atoms with Gasteiger partial charge in [-0.05, 0) is 23.7 Å². The number of esters is 1. The van der Waals surface area contributed by atoms with Gasteiger partial charge in [0.05, 0.1) is 12.3 Å². The molecule has 0 unspecified atom stereocenters. The Morgan fingerprint density at radius 2 is 1.85 bits per heavy atom. The maximum absolute atomic E-state index is 12.0. The Kier molecular flexibility index (Phi) is 3.47. The molecular weight excluding hydrogens is 254 g/mol. The van der Waals surface area contributed by atoms with Gasteiger partial charge in [0.15, 0.2) is 5.89 Å². The summed E-state index contributed by atoms with van der Waals surface area (Å²) >= 11 is 0. The van der Waals surface area contributed by atoms with Crippen LogP contribution in [0, 0.1) is 10.8 Å². The van der Waals surface area contributed by atoms with E-state index in [-0.39, 0.29) is 28.4 Å². The minimum Gasteiger partial charge on any atom is -0.460 e. The van der Waals surface area contributed by atoms with Crippen molar-refractivity contribution in [3.05, 3.63) is 17.3 Å². The molecule has 112 valence electrons. The van der Waals surface area contributed by atoms with Crippen LogP contribution in [0.15, 0.2) is 4.42 Å². The number of carbonyl (C=O) groups is 1. The van der Waals surface area contributed by atoms with Crippen LogP contribution in [-0.2, 0) is 4.74 Å². The normalized spacial score (nSPS) is 20.2. The van der Waals surface area contributed by atoms with E-state index in [1.54, 1.807) is 6.92 Å². The van der Waals surface area contributed by atoms with E-state index in [4.69, 9.17) is 9.15 Å². The van der Waals surface area contributed by atoms with Gasteiger partial charge in [-0.3, -0.25) is 0 Å². The predicted molar refractivity (Wildman–Crippen MR) is 76.9 cm³/mol. The van der Waals surface area contributed by atoms with Crippen molar-refractivity contribution in [3.63, 3.8) is 0 Å². The summed E-state index contributed by atoms with van der Waals surface area (Å²) in [5.74, 6) is 0.917. The lowest BCUT2D eigenvalue weighted by atomic mass is 10.0. The lowest BCUT2D eigenvalue weighted by molar-refractivity contribution is 0.0485. The molecule has 1 aliphatic rings. The summed E-state index contributed by atoms with van der Waals surface area (Å²) in [4.78, 5) is 16.6. The van der Waals surface area contributed by atoms with Gasteiger partial charge in [0.2, 0.25) is 5.76 Å². The van der Waals surface area contributed by atoms with Crippen molar-refractivity contribution in [1.82, 2.24) is 4.98 Å². The van der Waals surface area contributed by atoms with E-state index in [1.807, 2.05) is 13.8 Å². The molecule has 0 atom stereocenters. The molecule has 4 nitrogen and oxygen atoms in total. The van der Waals surface area contributed by atoms with Gasteiger partial charge in [-0.1, -0.05) is 41.5 Å². The highest BCUT2D eigenvalue weighted by Gasteiger charge is 2.67. The number of hydrogen-bond acceptors (Lipinski definition) is 4. The van der Waals surface area contributed by atoms with E-state index in [2.05, 4.69) is 32.7 Å². The van der Waals surface area contributed by atoms with Crippen molar-refractivity contribution < 1.29 is 13.9 Å². The van der Waals surface area contributed by atoms with Crippen LogP contribution in [0.3, 0.4) is 0 Å². The molecule has 0 aromatic carbocycles. The zero-order valence-corrected chi connectivity index (χ0v) is 13.5. The van der Waals surface area contributed by atoms with Crippen molar-refractivity contribution >= 4 is 5.97 Å². The number of hydrogen-bond donors (Lipinski definition) is 0. The monoisotopic (exact) mass is 279 g/mol. The number of rotatable bonds is 4. The first-order chi connectivity index (χ1) is 9.14. The predicted octanol–water partition coefficient (Wildman–Crippen LogP) is 4.12. The van der Waals surface area contributed by atoms with Crippen LogP contribution in [0.25, 0.3) is 0 Å². The number of carbonyl (C=O) groups excluding carboxylic acids is 1. The Morgan fingerprint density at radius 3 is 2.25 bits per heavy atom. The van der Waals surface area contributed by atoms with Crippen LogP contribution in [0.1, 0.15) is 82.4 Å². The van der Waals surface area contributed by atoms with Crippen LogP contribution >= 0.6 is 0 Å². The van der Waals surface area contributed by atoms with Gasteiger partial charge in [-0.2, -0.15) is 0 Å². The van der Waals surface area contributed by atoms with Gasteiger partial charge in [0.25, 0.3) is 0 Å². The van der Waals surface area contributed by atoms with Gasteiger partial charge >= 0.3 is 5.97 Å². The Morgan fingerprint density at radius 1 is 1.30 bits per heavy atom. The van der Waals surface area contributed by atoms with Crippen LogP contribution in [0.2, 0.25) is 0 Å². The summed E-state index contributed by atoms with van der Waals surface area (Å²) in [7, 11) is 0. The SMILES string of the molecule is CCOC(=O)c1oc(C2C(C)(C)C2(C)C)nc1C(C)C. The molecule has 1 aromatic heterocycles. The Balaban J connectivity index is 2.39. The largest absolute Gasteiger partial charge is 0.460 e. The lowest BCUT2D eigenvalue weighted by Gasteiger charge is -2.03. The maximum Gasteiger partial charge on any atom is 0.376 e. The van der Waals surface area contributed by atoms with E-state index < -0.39 is 5.97 Å². The van der Waals surface area contributed by atoms with E-state index in [9.17, 15) is 4.79 Å². The first-order valence-corrected chi connectivity index (χ1v) is 7.32. The molecule has 1 heterocycles. The maximum atomic E-state index is 12.0. The van der Waals surface area contributed by atoms with Crippen LogP contribution < -0.4 is 0 Å². The zero-order valence-electron chi connectivity index (χ0n) is 13.5. The molecule has 1 fully saturated rings. The first-order valence-electron chi connectivity index (χ1n) is 7.32. The molecule has 0 bridgehead atoms. The summed E-state index contributed by atoms with van der Waals surface area (Å²) in [6.45, 7) is 15.0. The van der Waals surface area contributed by atoms with Crippen molar-refractivity contribution in [3.8, 4) is 0 Å². The molecule has 0 radical (unpaired) electrons. The van der Waals surface area contributed by atoms with Crippen LogP contribution in [0.4, 0.5) is 0 Å². The van der Waals surface area contributed by atoms with Gasteiger partial charge in [-0.15, -0.1) is 0 Å². The summed E-state index contributed by atoms with van der Waals surface area (Å²) < 4.78 is 10.9. The standard InChI is InChI=1S/C16H25NO3/c1-8-19-14(18)11-10(9(2)3)17-13(20-11)12-15(4,5)16(12,6)7/h9,12H,8H2,1-7H3. The molecule has 0 amide bonds. The Labute approximate surface area is 120 Å². The average molecular weight is 279 g/mol. The quantitative estimate of drug-likeness (QED) is 0.778. The molecular formula is C16H25NO3. The van der Waals surface area contributed by atoms with Crippen molar-refractivity contribution in [1.29, 1.82) is 0 Å². The smallest absolute Gasteiger partial charge is 0.376 e. The second-order valence-corrected chi connectivity index (χ2v) is 7.02. The fourth-order valence-corrected chi connectivity index (χ4v) is 3.02. The van der Waals surface area contributed by atoms with Gasteiger partial charge in [-0.25, -0.2) is 9.78 Å². The second kappa shape index (κ2) is 4.61. The summed E-state index contributed by atoms with van der Waals surface area (Å²) in [6.07, 6.45) is 0. The van der Waals surface area contributed by atoms with E-state index in [1.165, 1.54) is 0 Å². The van der Waals surface area contributed by atoms with Crippen LogP contribution in [-0.4, -0.2) is 17.6 Å². The highest BCUT2D eigenvalue weighted by molar-refractivity contribution is 5.87.